The number of nitrogens with one attached hydrogen (secondary N) is 1. The van der Waals surface area contributed by atoms with Crippen molar-refractivity contribution in [3.8, 4) is 0 Å². The van der Waals surface area contributed by atoms with Crippen LogP contribution in [-0.2, 0) is 19.0 Å². The van der Waals surface area contributed by atoms with Gasteiger partial charge in [-0.15, -0.1) is 0 Å². The standard InChI is InChI=1S/C15H26N2O5/c1-9(12-17-11(8-21-12)13(18)20-6)7-10(2)16-14(19)22-15(3,4)5/h9-11H,7-8H2,1-6H3,(H,16,19)/t9-,10+,11-/m0/s1. The van der Waals surface area contributed by atoms with Crippen LogP contribution in [0.15, 0.2) is 4.99 Å². The monoisotopic (exact) mass is 314 g/mol. The van der Waals surface area contributed by atoms with Crippen molar-refractivity contribution in [2.45, 2.75) is 58.7 Å². The van der Waals surface area contributed by atoms with E-state index in [9.17, 15) is 9.59 Å². The van der Waals surface area contributed by atoms with E-state index < -0.39 is 23.7 Å². The fraction of sp³-hybridized carbons (Fsp3) is 0.800. The zero-order valence-electron chi connectivity index (χ0n) is 14.1. The van der Waals surface area contributed by atoms with Crippen LogP contribution < -0.4 is 5.32 Å². The lowest BCUT2D eigenvalue weighted by molar-refractivity contribution is -0.142. The first-order valence-electron chi connectivity index (χ1n) is 7.40. The molecule has 126 valence electrons. The van der Waals surface area contributed by atoms with E-state index in [2.05, 4.69) is 15.0 Å². The van der Waals surface area contributed by atoms with Gasteiger partial charge in [0.25, 0.3) is 0 Å². The highest BCUT2D eigenvalue weighted by Crippen LogP contribution is 2.17. The Morgan fingerprint density at radius 3 is 2.59 bits per heavy atom. The zero-order chi connectivity index (χ0) is 16.9. The van der Waals surface area contributed by atoms with Gasteiger partial charge in [0.1, 0.15) is 12.2 Å². The molecule has 0 saturated carbocycles. The molecular formula is C15H26N2O5. The lowest BCUT2D eigenvalue weighted by Gasteiger charge is -2.23. The number of carbonyl (C=O) groups excluding carboxylic acids is 2. The number of nitrogens with zero attached hydrogens (tertiary/aromatic N) is 1. The van der Waals surface area contributed by atoms with Crippen molar-refractivity contribution in [1.29, 1.82) is 0 Å². The fourth-order valence-corrected chi connectivity index (χ4v) is 2.12. The van der Waals surface area contributed by atoms with E-state index in [4.69, 9.17) is 9.47 Å². The molecule has 3 atom stereocenters. The van der Waals surface area contributed by atoms with Crippen molar-refractivity contribution >= 4 is 18.0 Å². The van der Waals surface area contributed by atoms with Crippen molar-refractivity contribution in [3.05, 3.63) is 0 Å². The van der Waals surface area contributed by atoms with Gasteiger partial charge < -0.3 is 19.5 Å². The number of carbonyl (C=O) groups is 2. The normalized spacial score (nSPS) is 20.5. The second kappa shape index (κ2) is 7.47. The Bertz CT molecular complexity index is 442. The maximum absolute atomic E-state index is 11.7. The molecule has 0 saturated heterocycles. The molecule has 0 aromatic rings. The average Bonchev–Trinajstić information content (AvgIpc) is 2.84. The molecule has 1 rings (SSSR count). The summed E-state index contributed by atoms with van der Waals surface area (Å²) in [6, 6.07) is -0.690. The molecule has 0 radical (unpaired) electrons. The van der Waals surface area contributed by atoms with Crippen molar-refractivity contribution in [1.82, 2.24) is 5.32 Å². The molecule has 0 spiro atoms. The van der Waals surface area contributed by atoms with E-state index in [0.717, 1.165) is 0 Å². The highest BCUT2D eigenvalue weighted by atomic mass is 16.6. The fourth-order valence-electron chi connectivity index (χ4n) is 2.12. The minimum atomic E-state index is -0.587. The number of ether oxygens (including phenoxy) is 3. The van der Waals surface area contributed by atoms with Crippen LogP contribution in [0.25, 0.3) is 0 Å². The molecular weight excluding hydrogens is 288 g/mol. The Morgan fingerprint density at radius 1 is 1.41 bits per heavy atom. The van der Waals surface area contributed by atoms with Crippen LogP contribution in [0.4, 0.5) is 4.79 Å². The van der Waals surface area contributed by atoms with Gasteiger partial charge in [-0.1, -0.05) is 6.92 Å². The molecule has 1 aliphatic heterocycles. The number of esters is 1. The van der Waals surface area contributed by atoms with Crippen LogP contribution >= 0.6 is 0 Å². The molecule has 0 aliphatic carbocycles. The number of methoxy groups -OCH3 is 1. The molecule has 1 heterocycles. The first kappa shape index (κ1) is 18.3. The third-order valence-corrected chi connectivity index (χ3v) is 3.04. The minimum Gasteiger partial charge on any atom is -0.478 e. The van der Waals surface area contributed by atoms with Gasteiger partial charge in [-0.2, -0.15) is 0 Å². The van der Waals surface area contributed by atoms with Gasteiger partial charge in [0.2, 0.25) is 0 Å². The second-order valence-electron chi connectivity index (χ2n) is 6.50. The van der Waals surface area contributed by atoms with Crippen LogP contribution in [0.3, 0.4) is 0 Å². The Morgan fingerprint density at radius 2 is 2.05 bits per heavy atom. The van der Waals surface area contributed by atoms with Gasteiger partial charge in [-0.05, 0) is 34.1 Å². The molecule has 1 aliphatic rings. The third-order valence-electron chi connectivity index (χ3n) is 3.04. The molecule has 0 aromatic carbocycles. The van der Waals surface area contributed by atoms with Gasteiger partial charge in [-0.3, -0.25) is 0 Å². The SMILES string of the molecule is COC(=O)[C@@H]1COC([C@@H](C)C[C@@H](C)NC(=O)OC(C)(C)C)=N1. The summed E-state index contributed by atoms with van der Waals surface area (Å²) in [5, 5.41) is 2.77. The van der Waals surface area contributed by atoms with Crippen LogP contribution in [0.5, 0.6) is 0 Å². The molecule has 1 amide bonds. The lowest BCUT2D eigenvalue weighted by atomic mass is 10.0. The van der Waals surface area contributed by atoms with Crippen LogP contribution in [-0.4, -0.2) is 49.4 Å². The summed E-state index contributed by atoms with van der Waals surface area (Å²) in [4.78, 5) is 27.3. The van der Waals surface area contributed by atoms with Gasteiger partial charge >= 0.3 is 12.1 Å². The van der Waals surface area contributed by atoms with E-state index >= 15 is 0 Å². The second-order valence-corrected chi connectivity index (χ2v) is 6.50. The maximum atomic E-state index is 11.7. The molecule has 0 fully saturated rings. The molecule has 0 bridgehead atoms. The molecule has 7 heteroatoms. The van der Waals surface area contributed by atoms with E-state index in [1.54, 1.807) is 0 Å². The average molecular weight is 314 g/mol. The summed E-state index contributed by atoms with van der Waals surface area (Å²) in [6.45, 7) is 9.47. The predicted molar refractivity (Wildman–Crippen MR) is 81.8 cm³/mol. The van der Waals surface area contributed by atoms with Crippen LogP contribution in [0, 0.1) is 5.92 Å². The number of aliphatic imine (C=N–C) groups is 1. The summed E-state index contributed by atoms with van der Waals surface area (Å²) in [5.41, 5.74) is -0.526. The predicted octanol–water partition coefficient (Wildman–Crippen LogP) is 1.90. The van der Waals surface area contributed by atoms with Crippen molar-refractivity contribution in [3.63, 3.8) is 0 Å². The molecule has 7 nitrogen and oxygen atoms in total. The topological polar surface area (TPSA) is 86.2 Å². The van der Waals surface area contributed by atoms with Crippen molar-refractivity contribution in [2.24, 2.45) is 10.9 Å². The number of hydrogen-bond acceptors (Lipinski definition) is 6. The van der Waals surface area contributed by atoms with Gasteiger partial charge in [0.05, 0.1) is 7.11 Å². The zero-order valence-corrected chi connectivity index (χ0v) is 14.1. The Hall–Kier alpha value is -1.79. The number of amides is 1. The summed E-state index contributed by atoms with van der Waals surface area (Å²) in [5.74, 6) is 0.106. The van der Waals surface area contributed by atoms with E-state index in [1.807, 2.05) is 34.6 Å². The van der Waals surface area contributed by atoms with Crippen molar-refractivity contribution in [2.75, 3.05) is 13.7 Å². The molecule has 22 heavy (non-hydrogen) atoms. The minimum absolute atomic E-state index is 0.0143. The highest BCUT2D eigenvalue weighted by Gasteiger charge is 2.30. The summed E-state index contributed by atoms with van der Waals surface area (Å²) in [6.07, 6.45) is 0.181. The summed E-state index contributed by atoms with van der Waals surface area (Å²) >= 11 is 0. The maximum Gasteiger partial charge on any atom is 0.407 e. The third kappa shape index (κ3) is 5.91. The number of alkyl carbamates (subject to hydrolysis) is 1. The molecule has 0 aromatic heterocycles. The van der Waals surface area contributed by atoms with Crippen LogP contribution in [0.2, 0.25) is 0 Å². The van der Waals surface area contributed by atoms with E-state index in [1.165, 1.54) is 7.11 Å². The van der Waals surface area contributed by atoms with Gasteiger partial charge in [0, 0.05) is 12.0 Å². The Labute approximate surface area is 131 Å². The summed E-state index contributed by atoms with van der Waals surface area (Å²) < 4.78 is 15.3. The first-order valence-corrected chi connectivity index (χ1v) is 7.40. The lowest BCUT2D eigenvalue weighted by Crippen LogP contribution is -2.39. The Kier molecular flexibility index (Phi) is 6.20. The first-order chi connectivity index (χ1) is 10.1. The Balaban J connectivity index is 2.46. The van der Waals surface area contributed by atoms with E-state index in [0.29, 0.717) is 12.3 Å². The van der Waals surface area contributed by atoms with Gasteiger partial charge in [-0.25, -0.2) is 14.6 Å². The summed E-state index contributed by atoms with van der Waals surface area (Å²) in [7, 11) is 1.33. The van der Waals surface area contributed by atoms with Crippen molar-refractivity contribution < 1.29 is 23.8 Å². The number of rotatable bonds is 5. The van der Waals surface area contributed by atoms with Gasteiger partial charge in [0.15, 0.2) is 11.9 Å². The van der Waals surface area contributed by atoms with E-state index in [-0.39, 0.29) is 18.6 Å². The molecule has 1 N–H and O–H groups in total. The smallest absolute Gasteiger partial charge is 0.407 e. The largest absolute Gasteiger partial charge is 0.478 e. The molecule has 0 unspecified atom stereocenters. The highest BCUT2D eigenvalue weighted by molar-refractivity contribution is 5.86. The quantitative estimate of drug-likeness (QED) is 0.783. The van der Waals surface area contributed by atoms with Crippen LogP contribution in [0.1, 0.15) is 41.0 Å². The number of hydrogen-bond donors (Lipinski definition) is 1.